The molecule has 3 aromatic carbocycles. The van der Waals surface area contributed by atoms with E-state index >= 15 is 0 Å². The molecule has 9 heteroatoms. The highest BCUT2D eigenvalue weighted by Gasteiger charge is 2.37. The van der Waals surface area contributed by atoms with Gasteiger partial charge in [0.2, 0.25) is 0 Å². The van der Waals surface area contributed by atoms with Crippen molar-refractivity contribution in [3.05, 3.63) is 89.0 Å². The van der Waals surface area contributed by atoms with Crippen LogP contribution in [0.5, 0.6) is 11.5 Å². The SMILES string of the molecule is COc1ccc(CN2C(=O)CN(c3ccc(OCc4c(C)cccc4C(F)(F)F)cc3)C2=O)cc1. The van der Waals surface area contributed by atoms with Gasteiger partial charge in [-0.2, -0.15) is 13.2 Å². The van der Waals surface area contributed by atoms with Crippen LogP contribution in [-0.2, 0) is 24.1 Å². The van der Waals surface area contributed by atoms with E-state index in [9.17, 15) is 22.8 Å². The predicted molar refractivity (Wildman–Crippen MR) is 123 cm³/mol. The predicted octanol–water partition coefficient (Wildman–Crippen LogP) is 5.57. The van der Waals surface area contributed by atoms with Gasteiger partial charge in [-0.15, -0.1) is 0 Å². The quantitative estimate of drug-likeness (QED) is 0.412. The minimum absolute atomic E-state index is 0.0681. The lowest BCUT2D eigenvalue weighted by Crippen LogP contribution is -2.32. The summed E-state index contributed by atoms with van der Waals surface area (Å²) in [5.74, 6) is 0.692. The second-order valence-corrected chi connectivity index (χ2v) is 8.08. The molecule has 0 aliphatic carbocycles. The minimum Gasteiger partial charge on any atom is -0.497 e. The van der Waals surface area contributed by atoms with E-state index in [0.29, 0.717) is 22.7 Å². The van der Waals surface area contributed by atoms with Gasteiger partial charge in [-0.25, -0.2) is 4.79 Å². The van der Waals surface area contributed by atoms with Gasteiger partial charge in [0.15, 0.2) is 0 Å². The van der Waals surface area contributed by atoms with Crippen molar-refractivity contribution in [2.45, 2.75) is 26.3 Å². The van der Waals surface area contributed by atoms with Crippen LogP contribution in [0.15, 0.2) is 66.7 Å². The molecule has 0 radical (unpaired) electrons. The fourth-order valence-corrected chi connectivity index (χ4v) is 3.85. The number of hydrogen-bond acceptors (Lipinski definition) is 4. The fourth-order valence-electron chi connectivity index (χ4n) is 3.85. The van der Waals surface area contributed by atoms with E-state index in [0.717, 1.165) is 11.6 Å². The Balaban J connectivity index is 1.43. The molecule has 6 nitrogen and oxygen atoms in total. The van der Waals surface area contributed by atoms with Crippen LogP contribution in [0, 0.1) is 6.92 Å². The lowest BCUT2D eigenvalue weighted by atomic mass is 10.0. The van der Waals surface area contributed by atoms with Crippen molar-refractivity contribution in [1.82, 2.24) is 4.90 Å². The van der Waals surface area contributed by atoms with E-state index in [2.05, 4.69) is 0 Å². The molecule has 1 saturated heterocycles. The Morgan fingerprint density at radius 3 is 2.20 bits per heavy atom. The number of ether oxygens (including phenoxy) is 2. The van der Waals surface area contributed by atoms with Crippen LogP contribution in [0.25, 0.3) is 0 Å². The Labute approximate surface area is 200 Å². The second-order valence-electron chi connectivity index (χ2n) is 8.08. The number of methoxy groups -OCH3 is 1. The largest absolute Gasteiger partial charge is 0.497 e. The third-order valence-corrected chi connectivity index (χ3v) is 5.80. The molecular formula is C26H23F3N2O4. The Morgan fingerprint density at radius 2 is 1.57 bits per heavy atom. The average Bonchev–Trinajstić information content (AvgIpc) is 3.11. The summed E-state index contributed by atoms with van der Waals surface area (Å²) in [5.41, 5.74) is 1.09. The molecule has 1 aliphatic rings. The summed E-state index contributed by atoms with van der Waals surface area (Å²) in [4.78, 5) is 27.9. The van der Waals surface area contributed by atoms with Crippen LogP contribution in [0.4, 0.5) is 23.7 Å². The monoisotopic (exact) mass is 484 g/mol. The number of aryl methyl sites for hydroxylation is 1. The summed E-state index contributed by atoms with van der Waals surface area (Å²) in [6.07, 6.45) is -4.48. The molecule has 1 fully saturated rings. The molecule has 0 spiro atoms. The molecule has 0 atom stereocenters. The number of carbonyl (C=O) groups excluding carboxylic acids is 2. The first-order valence-corrected chi connectivity index (χ1v) is 10.8. The molecule has 3 amide bonds. The van der Waals surface area contributed by atoms with Gasteiger partial charge in [-0.05, 0) is 60.5 Å². The smallest absolute Gasteiger partial charge is 0.416 e. The van der Waals surface area contributed by atoms with Crippen LogP contribution in [0.1, 0.15) is 22.3 Å². The number of carbonyl (C=O) groups is 2. The lowest BCUT2D eigenvalue weighted by molar-refractivity contribution is -0.138. The van der Waals surface area contributed by atoms with Gasteiger partial charge in [0.25, 0.3) is 5.91 Å². The van der Waals surface area contributed by atoms with E-state index < -0.39 is 17.8 Å². The van der Waals surface area contributed by atoms with Gasteiger partial charge in [0.1, 0.15) is 24.7 Å². The number of amides is 3. The van der Waals surface area contributed by atoms with Gasteiger partial charge in [-0.3, -0.25) is 14.6 Å². The highest BCUT2D eigenvalue weighted by Crippen LogP contribution is 2.34. The third kappa shape index (κ3) is 5.24. The maximum Gasteiger partial charge on any atom is 0.416 e. The van der Waals surface area contributed by atoms with Crippen LogP contribution in [0.3, 0.4) is 0 Å². The zero-order valence-electron chi connectivity index (χ0n) is 19.1. The molecule has 182 valence electrons. The van der Waals surface area contributed by atoms with Crippen molar-refractivity contribution < 1.29 is 32.2 Å². The fraction of sp³-hybridized carbons (Fsp3) is 0.231. The molecule has 35 heavy (non-hydrogen) atoms. The normalized spacial score (nSPS) is 14.0. The number of hydrogen-bond donors (Lipinski definition) is 0. The number of alkyl halides is 3. The molecular weight excluding hydrogens is 461 g/mol. The molecule has 0 saturated carbocycles. The van der Waals surface area contributed by atoms with Crippen LogP contribution < -0.4 is 14.4 Å². The highest BCUT2D eigenvalue weighted by molar-refractivity contribution is 6.12. The maximum absolute atomic E-state index is 13.3. The van der Waals surface area contributed by atoms with Crippen molar-refractivity contribution in [3.63, 3.8) is 0 Å². The van der Waals surface area contributed by atoms with Crippen LogP contribution in [-0.4, -0.2) is 30.5 Å². The molecule has 1 heterocycles. The Kier molecular flexibility index (Phi) is 6.68. The molecule has 0 unspecified atom stereocenters. The minimum atomic E-state index is -4.48. The Morgan fingerprint density at radius 1 is 0.914 bits per heavy atom. The summed E-state index contributed by atoms with van der Waals surface area (Å²) in [5, 5.41) is 0. The maximum atomic E-state index is 13.3. The van der Waals surface area contributed by atoms with Crippen LogP contribution in [0.2, 0.25) is 0 Å². The van der Waals surface area contributed by atoms with E-state index in [4.69, 9.17) is 9.47 Å². The van der Waals surface area contributed by atoms with Gasteiger partial charge < -0.3 is 9.47 Å². The van der Waals surface area contributed by atoms with Crippen molar-refractivity contribution in [3.8, 4) is 11.5 Å². The standard InChI is InChI=1S/C26H23F3N2O4/c1-17-4-3-5-23(26(27,28)29)22(17)16-35-21-12-8-19(9-13-21)30-15-24(32)31(25(30)33)14-18-6-10-20(34-2)11-7-18/h3-13H,14-16H2,1-2H3. The summed E-state index contributed by atoms with van der Waals surface area (Å²) < 4.78 is 50.7. The van der Waals surface area contributed by atoms with E-state index in [1.54, 1.807) is 68.6 Å². The third-order valence-electron chi connectivity index (χ3n) is 5.80. The van der Waals surface area contributed by atoms with Gasteiger partial charge >= 0.3 is 12.2 Å². The number of urea groups is 1. The first-order chi connectivity index (χ1) is 16.7. The summed E-state index contributed by atoms with van der Waals surface area (Å²) in [6, 6.07) is 16.9. The molecule has 3 aromatic rings. The van der Waals surface area contributed by atoms with E-state index in [1.165, 1.54) is 15.9 Å². The summed E-state index contributed by atoms with van der Waals surface area (Å²) >= 11 is 0. The molecule has 1 aliphatic heterocycles. The van der Waals surface area contributed by atoms with Crippen molar-refractivity contribution in [2.75, 3.05) is 18.6 Å². The lowest BCUT2D eigenvalue weighted by Gasteiger charge is -2.18. The molecule has 0 N–H and O–H groups in total. The van der Waals surface area contributed by atoms with Crippen molar-refractivity contribution in [2.24, 2.45) is 0 Å². The number of nitrogens with zero attached hydrogens (tertiary/aromatic N) is 2. The highest BCUT2D eigenvalue weighted by atomic mass is 19.4. The zero-order valence-corrected chi connectivity index (χ0v) is 19.1. The topological polar surface area (TPSA) is 59.1 Å². The number of imide groups is 1. The first-order valence-electron chi connectivity index (χ1n) is 10.8. The van der Waals surface area contributed by atoms with Gasteiger partial charge in [0.05, 0.1) is 19.2 Å². The molecule has 0 aromatic heterocycles. The summed E-state index contributed by atoms with van der Waals surface area (Å²) in [6.45, 7) is 1.38. The summed E-state index contributed by atoms with van der Waals surface area (Å²) in [7, 11) is 1.55. The van der Waals surface area contributed by atoms with Crippen molar-refractivity contribution >= 4 is 17.6 Å². The van der Waals surface area contributed by atoms with E-state index in [1.807, 2.05) is 0 Å². The number of benzene rings is 3. The number of halogens is 3. The zero-order chi connectivity index (χ0) is 25.2. The van der Waals surface area contributed by atoms with Crippen molar-refractivity contribution in [1.29, 1.82) is 0 Å². The average molecular weight is 484 g/mol. The van der Waals surface area contributed by atoms with E-state index in [-0.39, 0.29) is 31.2 Å². The molecule has 0 bridgehead atoms. The second kappa shape index (κ2) is 9.69. The first kappa shape index (κ1) is 24.1. The van der Waals surface area contributed by atoms with Crippen LogP contribution >= 0.6 is 0 Å². The number of rotatable bonds is 7. The molecule has 4 rings (SSSR count). The van der Waals surface area contributed by atoms with Gasteiger partial charge in [0, 0.05) is 11.3 Å². The Bertz CT molecular complexity index is 1220. The number of anilines is 1. The van der Waals surface area contributed by atoms with Gasteiger partial charge in [-0.1, -0.05) is 24.3 Å². The Hall–Kier alpha value is -4.01.